The monoisotopic (exact) mass is 504 g/mol. The number of phenolic OH excluding ortho intramolecular Hbond substituents is 1. The lowest BCUT2D eigenvalue weighted by Gasteiger charge is -2.56. The number of esters is 2. The van der Waals surface area contributed by atoms with Crippen LogP contribution in [0.2, 0.25) is 0 Å². The second-order valence-corrected chi connectivity index (χ2v) is 9.88. The van der Waals surface area contributed by atoms with Crippen LogP contribution in [-0.4, -0.2) is 81.6 Å². The van der Waals surface area contributed by atoms with Crippen LogP contribution >= 0.6 is 0 Å². The number of rotatable bonds is 8. The van der Waals surface area contributed by atoms with Crippen molar-refractivity contribution in [2.75, 3.05) is 13.6 Å². The summed E-state index contributed by atoms with van der Waals surface area (Å²) in [5.74, 6) is -2.90. The molecule has 11 heteroatoms. The number of carboxylic acids is 1. The molecule has 4 rings (SSSR count). The first kappa shape index (κ1) is 25.9. The van der Waals surface area contributed by atoms with Gasteiger partial charge in [-0.2, -0.15) is 0 Å². The second-order valence-electron chi connectivity index (χ2n) is 9.88. The van der Waals surface area contributed by atoms with Crippen LogP contribution in [0.4, 0.5) is 0 Å². The average molecular weight is 505 g/mol. The van der Waals surface area contributed by atoms with Crippen LogP contribution < -0.4 is 10.5 Å². The Morgan fingerprint density at radius 3 is 2.67 bits per heavy atom. The summed E-state index contributed by atoms with van der Waals surface area (Å²) in [5, 5.41) is 31.5. The van der Waals surface area contributed by atoms with Crippen molar-refractivity contribution in [3.63, 3.8) is 0 Å². The Bertz CT molecular complexity index is 1130. The number of ether oxygens (including phenoxy) is 3. The predicted octanol–water partition coefficient (Wildman–Crippen LogP) is 0.583. The lowest BCUT2D eigenvalue weighted by atomic mass is 9.54. The summed E-state index contributed by atoms with van der Waals surface area (Å²) in [6, 6.07) is 1.68. The van der Waals surface area contributed by atoms with E-state index in [9.17, 15) is 24.6 Å². The highest BCUT2D eigenvalue weighted by Gasteiger charge is 2.68. The minimum Gasteiger partial charge on any atom is -0.504 e. The molecule has 1 heterocycles. The van der Waals surface area contributed by atoms with Crippen LogP contribution in [0.3, 0.4) is 0 Å². The van der Waals surface area contributed by atoms with Gasteiger partial charge in [-0.05, 0) is 51.6 Å². The minimum atomic E-state index is -1.45. The molecule has 11 nitrogen and oxygen atoms in total. The topological polar surface area (TPSA) is 169 Å². The highest BCUT2D eigenvalue weighted by molar-refractivity contribution is 5.84. The summed E-state index contributed by atoms with van der Waals surface area (Å²) in [6.07, 6.45) is -0.537. The van der Waals surface area contributed by atoms with E-state index in [-0.39, 0.29) is 29.7 Å². The third-order valence-corrected chi connectivity index (χ3v) is 7.83. The van der Waals surface area contributed by atoms with Crippen LogP contribution in [0.25, 0.3) is 0 Å². The van der Waals surface area contributed by atoms with Crippen LogP contribution in [0.5, 0.6) is 11.5 Å². The second kappa shape index (κ2) is 9.06. The van der Waals surface area contributed by atoms with Crippen molar-refractivity contribution in [1.29, 1.82) is 0 Å². The molecular weight excluding hydrogens is 472 g/mol. The number of likely N-dealkylation sites (N-methyl/N-ethyl adjacent to an activating group) is 1. The summed E-state index contributed by atoms with van der Waals surface area (Å²) in [6.45, 7) is 5.85. The number of carbonyl (C=O) groups is 3. The Morgan fingerprint density at radius 1 is 1.33 bits per heavy atom. The van der Waals surface area contributed by atoms with E-state index in [2.05, 4.69) is 4.90 Å². The number of nitrogens with two attached hydrogens (primary N) is 1. The molecule has 6 atom stereocenters. The van der Waals surface area contributed by atoms with Gasteiger partial charge in [0.1, 0.15) is 11.8 Å². The molecule has 0 bridgehead atoms. The first-order chi connectivity index (χ1) is 16.8. The quantitative estimate of drug-likeness (QED) is 0.365. The summed E-state index contributed by atoms with van der Waals surface area (Å²) in [7, 11) is 1.94. The molecule has 196 valence electrons. The van der Waals surface area contributed by atoms with Crippen molar-refractivity contribution < 1.29 is 43.9 Å². The normalized spacial score (nSPS) is 29.5. The number of carbonyl (C=O) groups excluding carboxylic acids is 2. The van der Waals surface area contributed by atoms with E-state index in [0.717, 1.165) is 5.56 Å². The molecule has 36 heavy (non-hydrogen) atoms. The number of phenols is 1. The number of carboxylic acid groups (broad SMARTS) is 1. The minimum absolute atomic E-state index is 0.0724. The summed E-state index contributed by atoms with van der Waals surface area (Å²) in [4.78, 5) is 37.7. The third kappa shape index (κ3) is 3.82. The van der Waals surface area contributed by atoms with E-state index in [4.69, 9.17) is 25.1 Å². The summed E-state index contributed by atoms with van der Waals surface area (Å²) < 4.78 is 16.8. The molecule has 1 aliphatic heterocycles. The van der Waals surface area contributed by atoms with Crippen LogP contribution in [0, 0.1) is 0 Å². The molecule has 0 unspecified atom stereocenters. The van der Waals surface area contributed by atoms with Gasteiger partial charge in [-0.3, -0.25) is 9.59 Å². The Labute approximate surface area is 208 Å². The van der Waals surface area contributed by atoms with Crippen molar-refractivity contribution >= 4 is 17.9 Å². The van der Waals surface area contributed by atoms with Gasteiger partial charge in [0.15, 0.2) is 23.7 Å². The molecule has 0 radical (unpaired) electrons. The molecule has 2 aliphatic carbocycles. The fourth-order valence-corrected chi connectivity index (χ4v) is 5.65. The molecular formula is C25H32N2O9. The fraction of sp³-hybridized carbons (Fsp3) is 0.560. The molecule has 0 saturated carbocycles. The first-order valence-corrected chi connectivity index (χ1v) is 11.9. The van der Waals surface area contributed by atoms with Gasteiger partial charge < -0.3 is 40.2 Å². The van der Waals surface area contributed by atoms with Gasteiger partial charge >= 0.3 is 17.9 Å². The standard InChI is InChI=1S/C25H32N2O9/c1-5-27(4)17-10-13-6-7-15(28)20-19(13)24(3)21(36-20)16(8-9-25(17,24)33)35-23(32)12(2)34-18(29)11-14(26)22(30)31/h6-8,12,14,17,21,28,33H,5,9-11,26H2,1-4H3,(H,30,31)/t12-,14-,17+,21-,24-,25+/m0/s1. The largest absolute Gasteiger partial charge is 0.504 e. The number of hydrogen-bond acceptors (Lipinski definition) is 10. The van der Waals surface area contributed by atoms with Crippen LogP contribution in [0.1, 0.15) is 44.7 Å². The highest BCUT2D eigenvalue weighted by atomic mass is 16.6. The summed E-state index contributed by atoms with van der Waals surface area (Å²) in [5.41, 5.74) is 4.65. The Kier molecular flexibility index (Phi) is 6.52. The van der Waals surface area contributed by atoms with E-state index in [1.54, 1.807) is 12.1 Å². The maximum absolute atomic E-state index is 12.8. The van der Waals surface area contributed by atoms with E-state index in [1.165, 1.54) is 6.92 Å². The lowest BCUT2D eigenvalue weighted by Crippen LogP contribution is -2.69. The van der Waals surface area contributed by atoms with Gasteiger partial charge in [0.25, 0.3) is 0 Å². The number of benzene rings is 1. The van der Waals surface area contributed by atoms with Crippen molar-refractivity contribution in [2.45, 2.75) is 75.3 Å². The van der Waals surface area contributed by atoms with Crippen molar-refractivity contribution in [3.8, 4) is 11.5 Å². The zero-order valence-electron chi connectivity index (χ0n) is 20.7. The van der Waals surface area contributed by atoms with Crippen molar-refractivity contribution in [3.05, 3.63) is 35.1 Å². The SMILES string of the molecule is CCN(C)[C@@H]1Cc2ccc(O)c3c2[C@@]2(C)[C@@H](O3)C(OC(=O)[C@H](C)OC(=O)C[C@H](N)C(=O)O)=CC[C@@]12O. The Hall–Kier alpha value is -3.15. The molecule has 0 saturated heterocycles. The van der Waals surface area contributed by atoms with E-state index < -0.39 is 53.6 Å². The summed E-state index contributed by atoms with van der Waals surface area (Å²) >= 11 is 0. The number of aliphatic carboxylic acids is 1. The van der Waals surface area contributed by atoms with E-state index in [0.29, 0.717) is 18.5 Å². The predicted molar refractivity (Wildman–Crippen MR) is 125 cm³/mol. The number of nitrogens with zero attached hydrogens (tertiary/aromatic N) is 1. The molecule has 0 amide bonds. The third-order valence-electron chi connectivity index (χ3n) is 7.83. The highest BCUT2D eigenvalue weighted by Crippen LogP contribution is 2.62. The number of aliphatic hydroxyl groups is 1. The van der Waals surface area contributed by atoms with Gasteiger partial charge in [0, 0.05) is 18.0 Å². The van der Waals surface area contributed by atoms with Crippen LogP contribution in [-0.2, 0) is 35.7 Å². The maximum atomic E-state index is 12.8. The average Bonchev–Trinajstić information content (AvgIpc) is 3.15. The van der Waals surface area contributed by atoms with Gasteiger partial charge in [0.2, 0.25) is 0 Å². The zero-order valence-corrected chi connectivity index (χ0v) is 20.7. The van der Waals surface area contributed by atoms with E-state index >= 15 is 0 Å². The van der Waals surface area contributed by atoms with Crippen molar-refractivity contribution in [2.24, 2.45) is 5.73 Å². The molecule has 5 N–H and O–H groups in total. The Balaban J connectivity index is 1.62. The van der Waals surface area contributed by atoms with Crippen LogP contribution in [0.15, 0.2) is 24.0 Å². The van der Waals surface area contributed by atoms with Gasteiger partial charge in [-0.1, -0.05) is 13.0 Å². The fourth-order valence-electron chi connectivity index (χ4n) is 5.65. The van der Waals surface area contributed by atoms with E-state index in [1.807, 2.05) is 27.0 Å². The smallest absolute Gasteiger partial charge is 0.352 e. The van der Waals surface area contributed by atoms with Crippen molar-refractivity contribution in [1.82, 2.24) is 4.90 Å². The molecule has 0 spiro atoms. The molecule has 0 aromatic heterocycles. The zero-order chi connectivity index (χ0) is 26.6. The Morgan fingerprint density at radius 2 is 2.03 bits per heavy atom. The molecule has 3 aliphatic rings. The molecule has 0 fully saturated rings. The number of hydrogen-bond donors (Lipinski definition) is 4. The van der Waals surface area contributed by atoms with Gasteiger partial charge in [0.05, 0.1) is 17.4 Å². The maximum Gasteiger partial charge on any atom is 0.352 e. The lowest BCUT2D eigenvalue weighted by molar-refractivity contribution is -0.168. The number of aromatic hydroxyl groups is 1. The van der Waals surface area contributed by atoms with Gasteiger partial charge in [-0.15, -0.1) is 0 Å². The van der Waals surface area contributed by atoms with Gasteiger partial charge in [-0.25, -0.2) is 4.79 Å². The molecule has 1 aromatic carbocycles. The molecule has 1 aromatic rings. The first-order valence-electron chi connectivity index (χ1n) is 11.9.